The lowest BCUT2D eigenvalue weighted by Crippen LogP contribution is -1.98. The van der Waals surface area contributed by atoms with Crippen LogP contribution in [0.5, 0.6) is 0 Å². The maximum atomic E-state index is 4.12. The summed E-state index contributed by atoms with van der Waals surface area (Å²) in [4.78, 5) is 1.45. The van der Waals surface area contributed by atoms with Crippen molar-refractivity contribution >= 4 is 0 Å². The van der Waals surface area contributed by atoms with Crippen molar-refractivity contribution in [1.29, 1.82) is 0 Å². The average Bonchev–Trinajstić information content (AvgIpc) is 2.40. The third-order valence-corrected chi connectivity index (χ3v) is 1.94. The molecule has 0 spiro atoms. The lowest BCUT2D eigenvalue weighted by Gasteiger charge is -1.96. The van der Waals surface area contributed by atoms with E-state index in [1.807, 2.05) is 11.7 Å². The fourth-order valence-electron chi connectivity index (χ4n) is 1.33. The van der Waals surface area contributed by atoms with Crippen molar-refractivity contribution in [3.8, 4) is 22.8 Å². The zero-order valence-electron chi connectivity index (χ0n) is 6.68. The number of aryl methyl sites for hydroxylation is 2. The highest BCUT2D eigenvalue weighted by atomic mass is 15.6. The first-order valence-electron chi connectivity index (χ1n) is 3.59. The molecule has 60 valence electrons. The Labute approximate surface area is 67.8 Å². The van der Waals surface area contributed by atoms with Crippen molar-refractivity contribution in [1.82, 2.24) is 30.0 Å². The molecule has 0 radical (unpaired) electrons. The molecule has 0 atom stereocenters. The standard InChI is InChI=1S/C6H6N6/c1-11-5-3(4(5)8-11)6-7-10-12(2)9-6/h1-2H3. The highest BCUT2D eigenvalue weighted by Gasteiger charge is 2.37. The van der Waals surface area contributed by atoms with Crippen LogP contribution in [-0.4, -0.2) is 30.0 Å². The molecule has 6 heteroatoms. The lowest BCUT2D eigenvalue weighted by molar-refractivity contribution is 0.630. The smallest absolute Gasteiger partial charge is 0.209 e. The molecule has 0 saturated carbocycles. The third-order valence-electron chi connectivity index (χ3n) is 1.94. The Morgan fingerprint density at radius 2 is 2.00 bits per heavy atom. The van der Waals surface area contributed by atoms with Gasteiger partial charge >= 0.3 is 0 Å². The van der Waals surface area contributed by atoms with Gasteiger partial charge in [0.1, 0.15) is 11.4 Å². The van der Waals surface area contributed by atoms with E-state index < -0.39 is 0 Å². The van der Waals surface area contributed by atoms with Crippen LogP contribution in [0.15, 0.2) is 0 Å². The third kappa shape index (κ3) is 0.512. The van der Waals surface area contributed by atoms with Gasteiger partial charge in [-0.3, -0.25) is 4.68 Å². The maximum absolute atomic E-state index is 4.12. The van der Waals surface area contributed by atoms with Gasteiger partial charge in [-0.05, 0) is 5.21 Å². The van der Waals surface area contributed by atoms with Gasteiger partial charge in [-0.1, -0.05) is 0 Å². The van der Waals surface area contributed by atoms with Crippen LogP contribution < -0.4 is 0 Å². The van der Waals surface area contributed by atoms with Crippen LogP contribution in [0.2, 0.25) is 0 Å². The molecular formula is C6H6N6. The van der Waals surface area contributed by atoms with Gasteiger partial charge in [-0.15, -0.1) is 10.2 Å². The highest BCUT2D eigenvalue weighted by Crippen LogP contribution is 2.48. The van der Waals surface area contributed by atoms with Crippen LogP contribution >= 0.6 is 0 Å². The summed E-state index contributed by atoms with van der Waals surface area (Å²) in [5.74, 6) is 0.676. The summed E-state index contributed by atoms with van der Waals surface area (Å²) in [6.45, 7) is 0. The Morgan fingerprint density at radius 3 is 2.42 bits per heavy atom. The Bertz CT molecular complexity index is 461. The molecule has 12 heavy (non-hydrogen) atoms. The first-order chi connectivity index (χ1) is 5.77. The van der Waals surface area contributed by atoms with Gasteiger partial charge in [0, 0.05) is 7.05 Å². The largest absolute Gasteiger partial charge is 0.265 e. The van der Waals surface area contributed by atoms with Crippen molar-refractivity contribution in [2.24, 2.45) is 14.1 Å². The number of tetrazole rings is 1. The highest BCUT2D eigenvalue weighted by molar-refractivity contribution is 6.01. The van der Waals surface area contributed by atoms with Crippen molar-refractivity contribution < 1.29 is 0 Å². The number of nitrogens with zero attached hydrogens (tertiary/aromatic N) is 6. The number of rotatable bonds is 1. The van der Waals surface area contributed by atoms with Gasteiger partial charge in [0.15, 0.2) is 0 Å². The number of fused-ring (bicyclic) bond motifs is 1. The molecular weight excluding hydrogens is 156 g/mol. The molecule has 1 aromatic heterocycles. The molecule has 0 bridgehead atoms. The molecule has 0 amide bonds. The molecule has 0 N–H and O–H groups in total. The van der Waals surface area contributed by atoms with Crippen LogP contribution in [0.3, 0.4) is 0 Å². The Hall–Kier alpha value is -1.72. The molecule has 1 aliphatic heterocycles. The summed E-state index contributed by atoms with van der Waals surface area (Å²) < 4.78 is 1.82. The van der Waals surface area contributed by atoms with Gasteiger partial charge in [-0.25, -0.2) is 0 Å². The van der Waals surface area contributed by atoms with E-state index in [0.29, 0.717) is 5.82 Å². The fraction of sp³-hybridized carbons (Fsp3) is 0.333. The molecule has 6 nitrogen and oxygen atoms in total. The van der Waals surface area contributed by atoms with E-state index in [0.717, 1.165) is 17.0 Å². The molecule has 2 aliphatic rings. The van der Waals surface area contributed by atoms with Gasteiger partial charge in [0.2, 0.25) is 5.82 Å². The topological polar surface area (TPSA) is 61.4 Å². The minimum absolute atomic E-state index is 0.676. The number of hydrogen-bond donors (Lipinski definition) is 0. The summed E-state index contributed by atoms with van der Waals surface area (Å²) in [6, 6.07) is 0. The summed E-state index contributed by atoms with van der Waals surface area (Å²) in [6.07, 6.45) is 0. The molecule has 0 fully saturated rings. The second-order valence-corrected chi connectivity index (χ2v) is 2.80. The maximum Gasteiger partial charge on any atom is 0.209 e. The van der Waals surface area contributed by atoms with Gasteiger partial charge in [-0.2, -0.15) is 9.90 Å². The predicted octanol–water partition coefficient (Wildman–Crippen LogP) is -0.409. The van der Waals surface area contributed by atoms with E-state index >= 15 is 0 Å². The summed E-state index contributed by atoms with van der Waals surface area (Å²) >= 11 is 0. The quantitative estimate of drug-likeness (QED) is 0.488. The van der Waals surface area contributed by atoms with E-state index in [1.54, 1.807) is 7.05 Å². The van der Waals surface area contributed by atoms with Crippen molar-refractivity contribution in [2.45, 2.75) is 0 Å². The van der Waals surface area contributed by atoms with Crippen LogP contribution in [0, 0.1) is 0 Å². The SMILES string of the molecule is Cn1nnc(-c2c3nn(C)c2-3)n1. The summed E-state index contributed by atoms with van der Waals surface area (Å²) in [5, 5.41) is 15.8. The van der Waals surface area contributed by atoms with Gasteiger partial charge in [0.25, 0.3) is 0 Å². The second kappa shape index (κ2) is 1.55. The molecule has 3 rings (SSSR count). The Balaban J connectivity index is 2.13. The number of aromatic nitrogens is 6. The zero-order valence-corrected chi connectivity index (χ0v) is 6.68. The predicted molar refractivity (Wildman–Crippen MR) is 40.0 cm³/mol. The van der Waals surface area contributed by atoms with Crippen LogP contribution in [-0.2, 0) is 14.1 Å². The Kier molecular flexibility index (Phi) is 0.757. The van der Waals surface area contributed by atoms with Crippen molar-refractivity contribution in [2.75, 3.05) is 0 Å². The average molecular weight is 162 g/mol. The van der Waals surface area contributed by atoms with E-state index in [9.17, 15) is 0 Å². The summed E-state index contributed by atoms with van der Waals surface area (Å²) in [7, 11) is 3.65. The lowest BCUT2D eigenvalue weighted by atomic mass is 10.5. The molecule has 2 heterocycles. The minimum atomic E-state index is 0.676. The Morgan fingerprint density at radius 1 is 1.17 bits per heavy atom. The van der Waals surface area contributed by atoms with Crippen molar-refractivity contribution in [3.63, 3.8) is 0 Å². The number of hydrogen-bond acceptors (Lipinski definition) is 4. The van der Waals surface area contributed by atoms with Crippen LogP contribution in [0.4, 0.5) is 0 Å². The van der Waals surface area contributed by atoms with Gasteiger partial charge < -0.3 is 0 Å². The van der Waals surface area contributed by atoms with E-state index in [4.69, 9.17) is 0 Å². The molecule has 0 aromatic carbocycles. The fourth-order valence-corrected chi connectivity index (χ4v) is 1.33. The van der Waals surface area contributed by atoms with E-state index in [-0.39, 0.29) is 0 Å². The normalized spacial score (nSPS) is 12.2. The van der Waals surface area contributed by atoms with Crippen LogP contribution in [0.25, 0.3) is 22.8 Å². The first kappa shape index (κ1) is 5.87. The molecule has 0 unspecified atom stereocenters. The minimum Gasteiger partial charge on any atom is -0.265 e. The molecule has 1 aliphatic carbocycles. The van der Waals surface area contributed by atoms with Crippen molar-refractivity contribution in [3.05, 3.63) is 0 Å². The van der Waals surface area contributed by atoms with Gasteiger partial charge in [0.05, 0.1) is 12.6 Å². The van der Waals surface area contributed by atoms with Crippen LogP contribution in [0.1, 0.15) is 0 Å². The van der Waals surface area contributed by atoms with E-state index in [1.165, 1.54) is 4.80 Å². The molecule has 0 saturated heterocycles. The second-order valence-electron chi connectivity index (χ2n) is 2.80. The molecule has 1 aromatic rings. The van der Waals surface area contributed by atoms with E-state index in [2.05, 4.69) is 20.5 Å². The monoisotopic (exact) mass is 162 g/mol. The zero-order chi connectivity index (χ0) is 8.29. The first-order valence-corrected chi connectivity index (χ1v) is 3.59. The summed E-state index contributed by atoms with van der Waals surface area (Å²) in [5.41, 5.74) is 3.24.